The van der Waals surface area contributed by atoms with E-state index in [2.05, 4.69) is 4.98 Å². The van der Waals surface area contributed by atoms with E-state index in [1.54, 1.807) is 19.2 Å². The van der Waals surface area contributed by atoms with Crippen molar-refractivity contribution in [2.75, 3.05) is 7.11 Å². The lowest BCUT2D eigenvalue weighted by atomic mass is 10.1. The van der Waals surface area contributed by atoms with Crippen molar-refractivity contribution in [2.24, 2.45) is 0 Å². The third-order valence-corrected chi connectivity index (χ3v) is 3.18. The maximum atomic E-state index is 13.5. The van der Waals surface area contributed by atoms with Gasteiger partial charge in [0.15, 0.2) is 17.8 Å². The summed E-state index contributed by atoms with van der Waals surface area (Å²) in [7, 11) is 1.62. The molecule has 3 aromatic rings. The highest BCUT2D eigenvalue weighted by molar-refractivity contribution is 5.57. The molecule has 0 saturated carbocycles. The van der Waals surface area contributed by atoms with Crippen molar-refractivity contribution in [1.82, 2.24) is 4.98 Å². The zero-order valence-electron chi connectivity index (χ0n) is 12.2. The van der Waals surface area contributed by atoms with Crippen LogP contribution in [0.4, 0.5) is 4.39 Å². The van der Waals surface area contributed by atoms with E-state index in [1.807, 2.05) is 25.1 Å². The standard InChI is InChI=1S/C17H14FNO3/c1-11-9-12(7-8-14(11)20-2)17-19-16(10-21-17)22-15-6-4-3-5-13(15)18/h3-10H,1-2H3. The summed E-state index contributed by atoms with van der Waals surface area (Å²) in [6.07, 6.45) is 1.35. The van der Waals surface area contributed by atoms with Gasteiger partial charge in [-0.2, -0.15) is 4.98 Å². The minimum atomic E-state index is -0.452. The largest absolute Gasteiger partial charge is 0.496 e. The Hall–Kier alpha value is -2.82. The SMILES string of the molecule is COc1ccc(-c2nc(Oc3ccccc3F)co2)cc1C. The fourth-order valence-electron chi connectivity index (χ4n) is 2.09. The van der Waals surface area contributed by atoms with Gasteiger partial charge in [0.25, 0.3) is 5.88 Å². The highest BCUT2D eigenvalue weighted by Gasteiger charge is 2.11. The molecule has 112 valence electrons. The van der Waals surface area contributed by atoms with Crippen molar-refractivity contribution in [1.29, 1.82) is 0 Å². The molecule has 22 heavy (non-hydrogen) atoms. The number of methoxy groups -OCH3 is 1. The summed E-state index contributed by atoms with van der Waals surface area (Å²) in [5.41, 5.74) is 1.76. The van der Waals surface area contributed by atoms with Gasteiger partial charge in [0.2, 0.25) is 5.89 Å². The first-order valence-electron chi connectivity index (χ1n) is 6.70. The van der Waals surface area contributed by atoms with Gasteiger partial charge in [-0.05, 0) is 42.8 Å². The van der Waals surface area contributed by atoms with E-state index in [9.17, 15) is 4.39 Å². The summed E-state index contributed by atoms with van der Waals surface area (Å²) in [5.74, 6) is 1.05. The third-order valence-electron chi connectivity index (χ3n) is 3.18. The molecule has 0 N–H and O–H groups in total. The first-order valence-corrected chi connectivity index (χ1v) is 6.70. The van der Waals surface area contributed by atoms with Gasteiger partial charge in [-0.1, -0.05) is 12.1 Å². The minimum absolute atomic E-state index is 0.105. The molecule has 0 unspecified atom stereocenters. The summed E-state index contributed by atoms with van der Waals surface area (Å²) < 4.78 is 29.5. The average Bonchev–Trinajstić information content (AvgIpc) is 2.98. The molecule has 0 atom stereocenters. The molecule has 0 spiro atoms. The first kappa shape index (κ1) is 14.1. The second kappa shape index (κ2) is 5.89. The molecule has 0 bridgehead atoms. The number of aryl methyl sites for hydroxylation is 1. The Labute approximate surface area is 127 Å². The molecule has 5 heteroatoms. The van der Waals surface area contributed by atoms with Crippen LogP contribution >= 0.6 is 0 Å². The molecular formula is C17H14FNO3. The van der Waals surface area contributed by atoms with Crippen molar-refractivity contribution in [3.05, 3.63) is 60.1 Å². The van der Waals surface area contributed by atoms with Crippen LogP contribution in [-0.2, 0) is 0 Å². The maximum Gasteiger partial charge on any atom is 0.258 e. The Morgan fingerprint density at radius 2 is 1.91 bits per heavy atom. The number of aromatic nitrogens is 1. The number of nitrogens with zero attached hydrogens (tertiary/aromatic N) is 1. The van der Waals surface area contributed by atoms with E-state index < -0.39 is 5.82 Å². The topological polar surface area (TPSA) is 44.5 Å². The van der Waals surface area contributed by atoms with Gasteiger partial charge in [-0.25, -0.2) is 4.39 Å². The highest BCUT2D eigenvalue weighted by atomic mass is 19.1. The Morgan fingerprint density at radius 1 is 1.09 bits per heavy atom. The first-order chi connectivity index (χ1) is 10.7. The second-order valence-electron chi connectivity index (χ2n) is 4.71. The Bertz CT molecular complexity index is 798. The molecule has 2 aromatic carbocycles. The van der Waals surface area contributed by atoms with Crippen LogP contribution in [0, 0.1) is 12.7 Å². The molecule has 1 heterocycles. The lowest BCUT2D eigenvalue weighted by Crippen LogP contribution is -1.89. The zero-order chi connectivity index (χ0) is 15.5. The van der Waals surface area contributed by atoms with Crippen LogP contribution < -0.4 is 9.47 Å². The number of rotatable bonds is 4. The smallest absolute Gasteiger partial charge is 0.258 e. The monoisotopic (exact) mass is 299 g/mol. The van der Waals surface area contributed by atoms with Gasteiger partial charge in [0.1, 0.15) is 5.75 Å². The number of oxazole rings is 1. The predicted octanol–water partition coefficient (Wildman–Crippen LogP) is 4.59. The summed E-state index contributed by atoms with van der Waals surface area (Å²) in [5, 5.41) is 0. The maximum absolute atomic E-state index is 13.5. The summed E-state index contributed by atoms with van der Waals surface area (Å²) in [6, 6.07) is 11.7. The number of benzene rings is 2. The molecule has 0 fully saturated rings. The summed E-state index contributed by atoms with van der Waals surface area (Å²) in [6.45, 7) is 1.93. The number of ether oxygens (including phenoxy) is 2. The lowest BCUT2D eigenvalue weighted by molar-refractivity contribution is 0.411. The quantitative estimate of drug-likeness (QED) is 0.706. The molecule has 0 saturated heterocycles. The minimum Gasteiger partial charge on any atom is -0.496 e. The Kier molecular flexibility index (Phi) is 3.78. The highest BCUT2D eigenvalue weighted by Crippen LogP contribution is 2.29. The number of halogens is 1. The molecule has 4 nitrogen and oxygen atoms in total. The lowest BCUT2D eigenvalue weighted by Gasteiger charge is -2.05. The predicted molar refractivity (Wildman–Crippen MR) is 79.7 cm³/mol. The fourth-order valence-corrected chi connectivity index (χ4v) is 2.09. The molecule has 0 amide bonds. The normalized spacial score (nSPS) is 10.5. The van der Waals surface area contributed by atoms with Gasteiger partial charge in [-0.3, -0.25) is 0 Å². The van der Waals surface area contributed by atoms with E-state index in [-0.39, 0.29) is 11.6 Å². The van der Waals surface area contributed by atoms with Crippen LogP contribution in [0.5, 0.6) is 17.4 Å². The van der Waals surface area contributed by atoms with E-state index in [0.29, 0.717) is 5.89 Å². The van der Waals surface area contributed by atoms with Crippen LogP contribution in [0.2, 0.25) is 0 Å². The zero-order valence-corrected chi connectivity index (χ0v) is 12.2. The summed E-state index contributed by atoms with van der Waals surface area (Å²) in [4.78, 5) is 4.22. The van der Waals surface area contributed by atoms with Crippen molar-refractivity contribution < 1.29 is 18.3 Å². The van der Waals surface area contributed by atoms with Crippen LogP contribution in [0.3, 0.4) is 0 Å². The van der Waals surface area contributed by atoms with E-state index >= 15 is 0 Å². The van der Waals surface area contributed by atoms with Gasteiger partial charge >= 0.3 is 0 Å². The molecular weight excluding hydrogens is 285 g/mol. The molecule has 0 aliphatic carbocycles. The van der Waals surface area contributed by atoms with E-state index in [1.165, 1.54) is 18.4 Å². The van der Waals surface area contributed by atoms with Gasteiger partial charge in [0, 0.05) is 5.56 Å². The van der Waals surface area contributed by atoms with Gasteiger partial charge < -0.3 is 13.9 Å². The Morgan fingerprint density at radius 3 is 2.64 bits per heavy atom. The van der Waals surface area contributed by atoms with Crippen molar-refractivity contribution in [2.45, 2.75) is 6.92 Å². The molecule has 0 aliphatic rings. The van der Waals surface area contributed by atoms with Crippen LogP contribution in [-0.4, -0.2) is 12.1 Å². The van der Waals surface area contributed by atoms with Gasteiger partial charge in [0.05, 0.1) is 7.11 Å². The molecule has 0 radical (unpaired) electrons. The van der Waals surface area contributed by atoms with Crippen LogP contribution in [0.25, 0.3) is 11.5 Å². The van der Waals surface area contributed by atoms with Crippen molar-refractivity contribution in [3.63, 3.8) is 0 Å². The molecule has 3 rings (SSSR count). The molecule has 1 aromatic heterocycles. The average molecular weight is 299 g/mol. The van der Waals surface area contributed by atoms with Gasteiger partial charge in [-0.15, -0.1) is 0 Å². The fraction of sp³-hybridized carbons (Fsp3) is 0.118. The second-order valence-corrected chi connectivity index (χ2v) is 4.71. The van der Waals surface area contributed by atoms with Crippen LogP contribution in [0.1, 0.15) is 5.56 Å². The Balaban J connectivity index is 1.85. The number of hydrogen-bond donors (Lipinski definition) is 0. The van der Waals surface area contributed by atoms with Crippen LogP contribution in [0.15, 0.2) is 53.1 Å². The van der Waals surface area contributed by atoms with Crippen molar-refractivity contribution >= 4 is 0 Å². The van der Waals surface area contributed by atoms with Crippen molar-refractivity contribution in [3.8, 4) is 28.8 Å². The third kappa shape index (κ3) is 2.79. The summed E-state index contributed by atoms with van der Waals surface area (Å²) >= 11 is 0. The van der Waals surface area contributed by atoms with E-state index in [4.69, 9.17) is 13.9 Å². The van der Waals surface area contributed by atoms with E-state index in [0.717, 1.165) is 16.9 Å². The number of para-hydroxylation sites is 1. The number of hydrogen-bond acceptors (Lipinski definition) is 4. The molecule has 0 aliphatic heterocycles.